The number of hydrogen-bond acceptors (Lipinski definition) is 1. The smallest absolute Gasteiger partial charge is 0.0328 e. The molecule has 1 N–H and O–H groups in total. The van der Waals surface area contributed by atoms with Gasteiger partial charge in [0.2, 0.25) is 0 Å². The van der Waals surface area contributed by atoms with E-state index in [1.807, 2.05) is 0 Å². The van der Waals surface area contributed by atoms with Gasteiger partial charge in [-0.2, -0.15) is 0 Å². The molecule has 0 aromatic heterocycles. The van der Waals surface area contributed by atoms with E-state index in [1.165, 1.54) is 16.3 Å². The van der Waals surface area contributed by atoms with Gasteiger partial charge in [0.1, 0.15) is 0 Å². The van der Waals surface area contributed by atoms with Crippen LogP contribution in [-0.4, -0.2) is 11.8 Å². The summed E-state index contributed by atoms with van der Waals surface area (Å²) in [4.78, 5) is 0. The van der Waals surface area contributed by atoms with E-state index in [1.54, 1.807) is 0 Å². The van der Waals surface area contributed by atoms with Crippen LogP contribution in [0.5, 0.6) is 0 Å². The van der Waals surface area contributed by atoms with Crippen LogP contribution in [0.2, 0.25) is 0 Å². The zero-order valence-electron chi connectivity index (χ0n) is 12.6. The van der Waals surface area contributed by atoms with E-state index in [-0.39, 0.29) is 8.07 Å². The van der Waals surface area contributed by atoms with E-state index in [0.717, 1.165) is 0 Å². The van der Waals surface area contributed by atoms with Crippen LogP contribution in [0.15, 0.2) is 42.5 Å². The third-order valence-corrected chi connectivity index (χ3v) is 6.45. The first-order valence-corrected chi connectivity index (χ1v) is 8.65. The van der Waals surface area contributed by atoms with Crippen LogP contribution in [0.1, 0.15) is 39.3 Å². The van der Waals surface area contributed by atoms with Crippen LogP contribution in [-0.2, 0) is 0 Å². The molecule has 2 heteroatoms. The highest BCUT2D eigenvalue weighted by molar-refractivity contribution is 7.56. The van der Waals surface area contributed by atoms with Gasteiger partial charge in [-0.1, -0.05) is 57.2 Å². The Morgan fingerprint density at radius 1 is 1.00 bits per heavy atom. The summed E-state index contributed by atoms with van der Waals surface area (Å²) in [7, 11) is -0.178. The van der Waals surface area contributed by atoms with Crippen molar-refractivity contribution < 1.29 is 0 Å². The number of hydrogen-bond donors (Lipinski definition) is 1. The molecule has 0 bridgehead atoms. The average molecular weight is 273 g/mol. The molecule has 0 aliphatic carbocycles. The maximum Gasteiger partial charge on any atom is 0.0328 e. The Labute approximate surface area is 118 Å². The highest BCUT2D eigenvalue weighted by atomic mass is 31.1. The molecular weight excluding hydrogens is 249 g/mol. The maximum atomic E-state index is 3.77. The molecule has 2 aromatic rings. The van der Waals surface area contributed by atoms with Crippen molar-refractivity contribution in [3.05, 3.63) is 48.0 Å². The Morgan fingerprint density at radius 3 is 2.26 bits per heavy atom. The van der Waals surface area contributed by atoms with Crippen molar-refractivity contribution in [1.82, 2.24) is 5.09 Å². The SMILES string of the molecule is C[C@H](NP(C)C(C)(C)C)c1ccc2ccccc2c1. The summed E-state index contributed by atoms with van der Waals surface area (Å²) in [5.74, 6) is 0. The first-order chi connectivity index (χ1) is 8.88. The Bertz CT molecular complexity index is 556. The lowest BCUT2D eigenvalue weighted by molar-refractivity contribution is 0.703. The summed E-state index contributed by atoms with van der Waals surface area (Å²) in [6, 6.07) is 15.7. The van der Waals surface area contributed by atoms with Gasteiger partial charge in [-0.15, -0.1) is 0 Å². The summed E-state index contributed by atoms with van der Waals surface area (Å²) in [5, 5.41) is 6.75. The summed E-state index contributed by atoms with van der Waals surface area (Å²) >= 11 is 0. The van der Waals surface area contributed by atoms with Gasteiger partial charge < -0.3 is 0 Å². The molecule has 2 aromatic carbocycles. The van der Waals surface area contributed by atoms with E-state index in [9.17, 15) is 0 Å². The van der Waals surface area contributed by atoms with Crippen LogP contribution in [0.3, 0.4) is 0 Å². The minimum atomic E-state index is -0.178. The van der Waals surface area contributed by atoms with E-state index in [2.05, 4.69) is 81.9 Å². The molecule has 2 atom stereocenters. The van der Waals surface area contributed by atoms with Crippen LogP contribution in [0, 0.1) is 0 Å². The predicted octanol–water partition coefficient (Wildman–Crippen LogP) is 5.32. The molecule has 0 radical (unpaired) electrons. The third-order valence-electron chi connectivity index (χ3n) is 3.67. The third kappa shape index (κ3) is 3.55. The Morgan fingerprint density at radius 2 is 1.63 bits per heavy atom. The van der Waals surface area contributed by atoms with Crippen LogP contribution in [0.4, 0.5) is 0 Å². The average Bonchev–Trinajstić information content (AvgIpc) is 2.37. The van der Waals surface area contributed by atoms with E-state index < -0.39 is 0 Å². The number of fused-ring (bicyclic) bond motifs is 1. The largest absolute Gasteiger partial charge is 0.289 e. The molecule has 1 unspecified atom stereocenters. The molecular formula is C17H24NP. The quantitative estimate of drug-likeness (QED) is 0.747. The second kappa shape index (κ2) is 5.61. The molecule has 1 nitrogen and oxygen atoms in total. The Kier molecular flexibility index (Phi) is 4.28. The number of benzene rings is 2. The predicted molar refractivity (Wildman–Crippen MR) is 88.1 cm³/mol. The molecule has 0 saturated carbocycles. The second-order valence-electron chi connectivity index (χ2n) is 6.19. The molecule has 0 aliphatic heterocycles. The Hall–Kier alpha value is -0.910. The minimum Gasteiger partial charge on any atom is -0.289 e. The van der Waals surface area contributed by atoms with Crippen molar-refractivity contribution in [3.8, 4) is 0 Å². The Balaban J connectivity index is 2.19. The first kappa shape index (κ1) is 14.5. The summed E-state index contributed by atoms with van der Waals surface area (Å²) in [6.45, 7) is 11.5. The van der Waals surface area contributed by atoms with Crippen molar-refractivity contribution >= 4 is 18.8 Å². The highest BCUT2D eigenvalue weighted by Crippen LogP contribution is 2.44. The lowest BCUT2D eigenvalue weighted by Crippen LogP contribution is -2.23. The zero-order valence-corrected chi connectivity index (χ0v) is 13.5. The van der Waals surface area contributed by atoms with E-state index in [4.69, 9.17) is 0 Å². The van der Waals surface area contributed by atoms with Crippen LogP contribution < -0.4 is 5.09 Å². The van der Waals surface area contributed by atoms with Crippen molar-refractivity contribution in [3.63, 3.8) is 0 Å². The van der Waals surface area contributed by atoms with Gasteiger partial charge in [0, 0.05) is 6.04 Å². The standard InChI is InChI=1S/C17H24NP/c1-13(18-19(5)17(2,3)4)15-11-10-14-8-6-7-9-16(14)12-15/h6-13,18H,1-5H3/t13-,19?/m0/s1. The fourth-order valence-corrected chi connectivity index (χ4v) is 3.15. The van der Waals surface area contributed by atoms with Gasteiger partial charge in [-0.05, 0) is 49.2 Å². The van der Waals surface area contributed by atoms with Gasteiger partial charge >= 0.3 is 0 Å². The lowest BCUT2D eigenvalue weighted by Gasteiger charge is -2.31. The lowest BCUT2D eigenvalue weighted by atomic mass is 10.0. The molecule has 0 aliphatic rings. The van der Waals surface area contributed by atoms with Gasteiger partial charge in [0.15, 0.2) is 0 Å². The summed E-state index contributed by atoms with van der Waals surface area (Å²) < 4.78 is 0. The van der Waals surface area contributed by atoms with E-state index in [0.29, 0.717) is 11.2 Å². The second-order valence-corrected chi connectivity index (χ2v) is 8.91. The molecule has 0 heterocycles. The molecule has 0 spiro atoms. The maximum absolute atomic E-state index is 3.77. The fourth-order valence-electron chi connectivity index (χ4n) is 2.04. The van der Waals surface area contributed by atoms with Crippen molar-refractivity contribution in [2.75, 3.05) is 6.66 Å². The zero-order chi connectivity index (χ0) is 14.0. The molecule has 102 valence electrons. The number of nitrogens with one attached hydrogen (secondary N) is 1. The van der Waals surface area contributed by atoms with Crippen molar-refractivity contribution in [1.29, 1.82) is 0 Å². The molecule has 0 fully saturated rings. The first-order valence-electron chi connectivity index (χ1n) is 6.86. The highest BCUT2D eigenvalue weighted by Gasteiger charge is 2.21. The van der Waals surface area contributed by atoms with E-state index >= 15 is 0 Å². The summed E-state index contributed by atoms with van der Waals surface area (Å²) in [5.41, 5.74) is 1.37. The monoisotopic (exact) mass is 273 g/mol. The van der Waals surface area contributed by atoms with Gasteiger partial charge in [-0.25, -0.2) is 0 Å². The van der Waals surface area contributed by atoms with Crippen molar-refractivity contribution in [2.24, 2.45) is 0 Å². The van der Waals surface area contributed by atoms with Crippen LogP contribution in [0.25, 0.3) is 10.8 Å². The molecule has 0 saturated heterocycles. The topological polar surface area (TPSA) is 12.0 Å². The van der Waals surface area contributed by atoms with Crippen LogP contribution >= 0.6 is 8.07 Å². The van der Waals surface area contributed by atoms with Gasteiger partial charge in [0.25, 0.3) is 0 Å². The van der Waals surface area contributed by atoms with Crippen molar-refractivity contribution in [2.45, 2.75) is 38.9 Å². The normalized spacial score (nSPS) is 15.4. The fraction of sp³-hybridized carbons (Fsp3) is 0.412. The molecule has 2 rings (SSSR count). The molecule has 19 heavy (non-hydrogen) atoms. The molecule has 0 amide bonds. The summed E-state index contributed by atoms with van der Waals surface area (Å²) in [6.07, 6.45) is 0. The minimum absolute atomic E-state index is 0.178. The van der Waals surface area contributed by atoms with Gasteiger partial charge in [0.05, 0.1) is 0 Å². The number of rotatable bonds is 3. The van der Waals surface area contributed by atoms with Gasteiger partial charge in [-0.3, -0.25) is 5.09 Å².